The number of aromatic amines is 1. The second kappa shape index (κ2) is 6.41. The molecule has 0 aliphatic carbocycles. The molecule has 9 heteroatoms. The van der Waals surface area contributed by atoms with Crippen LogP contribution in [0.5, 0.6) is 0 Å². The average molecular weight is 371 g/mol. The lowest BCUT2D eigenvalue weighted by Crippen LogP contribution is -2.50. The van der Waals surface area contributed by atoms with Gasteiger partial charge in [0.15, 0.2) is 5.13 Å². The molecule has 0 atom stereocenters. The maximum Gasteiger partial charge on any atom is 0.328 e. The highest BCUT2D eigenvalue weighted by Crippen LogP contribution is 2.29. The Balaban J connectivity index is 1.49. The molecule has 1 saturated heterocycles. The predicted molar refractivity (Wildman–Crippen MR) is 100 cm³/mol. The van der Waals surface area contributed by atoms with Crippen LogP contribution in [-0.2, 0) is 7.05 Å². The fourth-order valence-electron chi connectivity index (χ4n) is 2.98. The Hall–Kier alpha value is -2.94. The van der Waals surface area contributed by atoms with Crippen LogP contribution in [0.1, 0.15) is 10.4 Å². The number of H-pyrrole nitrogens is 1. The molecule has 1 amide bonds. The Bertz CT molecular complexity index is 1060. The first kappa shape index (κ1) is 16.5. The number of fused-ring (bicyclic) bond motifs is 1. The van der Waals surface area contributed by atoms with E-state index >= 15 is 0 Å². The van der Waals surface area contributed by atoms with Gasteiger partial charge in [-0.2, -0.15) is 0 Å². The van der Waals surface area contributed by atoms with Crippen LogP contribution in [0.3, 0.4) is 0 Å². The number of carbonyl (C=O) groups excluding carboxylic acids is 1. The number of rotatable bonds is 2. The number of para-hydroxylation sites is 1. The molecular formula is C17H17N5O3S. The van der Waals surface area contributed by atoms with Crippen LogP contribution >= 0.6 is 11.3 Å². The third-order valence-corrected chi connectivity index (χ3v) is 5.56. The number of amides is 1. The number of hydrogen-bond donors (Lipinski definition) is 1. The number of benzene rings is 1. The molecule has 0 unspecified atom stereocenters. The standard InChI is InChI=1S/C17H17N5O3S/c1-20-10-11(14(23)19-16(20)25)15(24)21-6-8-22(9-7-21)17-18-12-4-2-3-5-13(12)26-17/h2-5,10H,6-9H2,1H3,(H,19,23,25). The van der Waals surface area contributed by atoms with Crippen molar-refractivity contribution in [2.24, 2.45) is 7.05 Å². The van der Waals surface area contributed by atoms with Crippen molar-refractivity contribution in [3.63, 3.8) is 0 Å². The molecule has 1 aliphatic rings. The number of aryl methyl sites for hydroxylation is 1. The summed E-state index contributed by atoms with van der Waals surface area (Å²) in [6, 6.07) is 7.99. The number of anilines is 1. The lowest BCUT2D eigenvalue weighted by molar-refractivity contribution is 0.0744. The van der Waals surface area contributed by atoms with Crippen LogP contribution < -0.4 is 16.1 Å². The molecule has 3 heterocycles. The monoisotopic (exact) mass is 371 g/mol. The maximum absolute atomic E-state index is 12.6. The third kappa shape index (κ3) is 2.90. The summed E-state index contributed by atoms with van der Waals surface area (Å²) in [5.41, 5.74) is -0.220. The number of hydrogen-bond acceptors (Lipinski definition) is 6. The number of aromatic nitrogens is 3. The molecule has 0 bridgehead atoms. The summed E-state index contributed by atoms with van der Waals surface area (Å²) < 4.78 is 2.34. The summed E-state index contributed by atoms with van der Waals surface area (Å²) in [4.78, 5) is 46.6. The SMILES string of the molecule is Cn1cc(C(=O)N2CCN(c3nc4ccccc4s3)CC2)c(=O)[nH]c1=O. The van der Waals surface area contributed by atoms with Gasteiger partial charge < -0.3 is 14.4 Å². The van der Waals surface area contributed by atoms with E-state index < -0.39 is 11.2 Å². The van der Waals surface area contributed by atoms with Crippen LogP contribution in [0, 0.1) is 0 Å². The Labute approximate surface area is 152 Å². The van der Waals surface area contributed by atoms with Gasteiger partial charge in [-0.15, -0.1) is 0 Å². The lowest BCUT2D eigenvalue weighted by atomic mass is 10.2. The van der Waals surface area contributed by atoms with Gasteiger partial charge in [-0.3, -0.25) is 14.6 Å². The van der Waals surface area contributed by atoms with Gasteiger partial charge in [0.1, 0.15) is 5.56 Å². The van der Waals surface area contributed by atoms with Crippen molar-refractivity contribution in [3.8, 4) is 0 Å². The first-order valence-electron chi connectivity index (χ1n) is 8.23. The minimum absolute atomic E-state index is 0.0134. The van der Waals surface area contributed by atoms with Crippen molar-refractivity contribution in [2.75, 3.05) is 31.1 Å². The van der Waals surface area contributed by atoms with E-state index in [0.29, 0.717) is 26.2 Å². The molecule has 0 radical (unpaired) electrons. The Morgan fingerprint density at radius 3 is 2.62 bits per heavy atom. The Morgan fingerprint density at radius 1 is 1.15 bits per heavy atom. The highest BCUT2D eigenvalue weighted by Gasteiger charge is 2.25. The molecule has 1 N–H and O–H groups in total. The summed E-state index contributed by atoms with van der Waals surface area (Å²) in [6.07, 6.45) is 1.30. The number of thiazole rings is 1. The molecule has 2 aromatic heterocycles. The molecule has 4 rings (SSSR count). The predicted octanol–water partition coefficient (Wildman–Crippen LogP) is 0.646. The maximum atomic E-state index is 12.6. The summed E-state index contributed by atoms with van der Waals surface area (Å²) in [5.74, 6) is -0.356. The van der Waals surface area contributed by atoms with Gasteiger partial charge in [-0.05, 0) is 12.1 Å². The van der Waals surface area contributed by atoms with E-state index in [1.165, 1.54) is 17.8 Å². The summed E-state index contributed by atoms with van der Waals surface area (Å²) in [5, 5.41) is 0.943. The topological polar surface area (TPSA) is 91.3 Å². The molecule has 26 heavy (non-hydrogen) atoms. The second-order valence-corrected chi connectivity index (χ2v) is 7.17. The van der Waals surface area contributed by atoms with E-state index in [-0.39, 0.29) is 11.5 Å². The van der Waals surface area contributed by atoms with Crippen molar-refractivity contribution >= 4 is 32.6 Å². The molecular weight excluding hydrogens is 354 g/mol. The zero-order valence-electron chi connectivity index (χ0n) is 14.1. The van der Waals surface area contributed by atoms with Crippen molar-refractivity contribution in [3.05, 3.63) is 56.9 Å². The Morgan fingerprint density at radius 2 is 1.88 bits per heavy atom. The zero-order chi connectivity index (χ0) is 18.3. The molecule has 1 aliphatic heterocycles. The van der Waals surface area contributed by atoms with Crippen LogP contribution in [0.25, 0.3) is 10.2 Å². The first-order chi connectivity index (χ1) is 12.5. The van der Waals surface area contributed by atoms with E-state index in [4.69, 9.17) is 0 Å². The van der Waals surface area contributed by atoms with Gasteiger partial charge in [-0.1, -0.05) is 23.5 Å². The van der Waals surface area contributed by atoms with Crippen molar-refractivity contribution < 1.29 is 4.79 Å². The fraction of sp³-hybridized carbons (Fsp3) is 0.294. The van der Waals surface area contributed by atoms with Gasteiger partial charge in [0.25, 0.3) is 11.5 Å². The van der Waals surface area contributed by atoms with Gasteiger partial charge in [0.05, 0.1) is 10.2 Å². The van der Waals surface area contributed by atoms with Gasteiger partial charge >= 0.3 is 5.69 Å². The second-order valence-electron chi connectivity index (χ2n) is 6.16. The number of carbonyl (C=O) groups is 1. The van der Waals surface area contributed by atoms with E-state index in [1.807, 2.05) is 24.3 Å². The molecule has 3 aromatic rings. The molecule has 134 valence electrons. The largest absolute Gasteiger partial charge is 0.345 e. The third-order valence-electron chi connectivity index (χ3n) is 4.46. The Kier molecular flexibility index (Phi) is 4.08. The molecule has 1 aromatic carbocycles. The van der Waals surface area contributed by atoms with E-state index in [2.05, 4.69) is 14.9 Å². The number of piperazine rings is 1. The molecule has 0 spiro atoms. The average Bonchev–Trinajstić information content (AvgIpc) is 3.08. The van der Waals surface area contributed by atoms with Crippen molar-refractivity contribution in [1.82, 2.24) is 19.4 Å². The van der Waals surface area contributed by atoms with Crippen LogP contribution in [0.15, 0.2) is 40.1 Å². The van der Waals surface area contributed by atoms with Gasteiger partial charge in [-0.25, -0.2) is 9.78 Å². The summed E-state index contributed by atoms with van der Waals surface area (Å²) >= 11 is 1.63. The van der Waals surface area contributed by atoms with Gasteiger partial charge in [0, 0.05) is 39.4 Å². The number of nitrogens with one attached hydrogen (secondary N) is 1. The van der Waals surface area contributed by atoms with Crippen LogP contribution in [-0.4, -0.2) is 51.5 Å². The highest BCUT2D eigenvalue weighted by atomic mass is 32.1. The number of nitrogens with zero attached hydrogens (tertiary/aromatic N) is 4. The molecule has 8 nitrogen and oxygen atoms in total. The van der Waals surface area contributed by atoms with E-state index in [0.717, 1.165) is 15.3 Å². The summed E-state index contributed by atoms with van der Waals surface area (Å²) in [6.45, 7) is 2.29. The normalized spacial score (nSPS) is 14.8. The van der Waals surface area contributed by atoms with E-state index in [9.17, 15) is 14.4 Å². The van der Waals surface area contributed by atoms with Crippen LogP contribution in [0.2, 0.25) is 0 Å². The van der Waals surface area contributed by atoms with Crippen molar-refractivity contribution in [2.45, 2.75) is 0 Å². The summed E-state index contributed by atoms with van der Waals surface area (Å²) in [7, 11) is 1.50. The van der Waals surface area contributed by atoms with Crippen LogP contribution in [0.4, 0.5) is 5.13 Å². The zero-order valence-corrected chi connectivity index (χ0v) is 15.0. The molecule has 1 fully saturated rings. The fourth-order valence-corrected chi connectivity index (χ4v) is 4.00. The minimum Gasteiger partial charge on any atom is -0.345 e. The van der Waals surface area contributed by atoms with Crippen molar-refractivity contribution in [1.29, 1.82) is 0 Å². The smallest absolute Gasteiger partial charge is 0.328 e. The minimum atomic E-state index is -0.647. The van der Waals surface area contributed by atoms with E-state index in [1.54, 1.807) is 16.2 Å². The molecule has 0 saturated carbocycles. The lowest BCUT2D eigenvalue weighted by Gasteiger charge is -2.34. The highest BCUT2D eigenvalue weighted by molar-refractivity contribution is 7.22. The van der Waals surface area contributed by atoms with Gasteiger partial charge in [0.2, 0.25) is 0 Å². The quantitative estimate of drug-likeness (QED) is 0.714. The first-order valence-corrected chi connectivity index (χ1v) is 9.04.